The highest BCUT2D eigenvalue weighted by Gasteiger charge is 2.22. The molecule has 27 heavy (non-hydrogen) atoms. The smallest absolute Gasteiger partial charge is 0.183 e. The van der Waals surface area contributed by atoms with Crippen molar-refractivity contribution in [1.82, 2.24) is 14.9 Å². The number of methoxy groups -OCH3 is 1. The van der Waals surface area contributed by atoms with E-state index in [-0.39, 0.29) is 0 Å². The van der Waals surface area contributed by atoms with Gasteiger partial charge in [0, 0.05) is 38.8 Å². The number of hydrogen-bond acceptors (Lipinski definition) is 6. The van der Waals surface area contributed by atoms with Crippen molar-refractivity contribution in [1.29, 1.82) is 5.26 Å². The molecule has 2 heterocycles. The van der Waals surface area contributed by atoms with Crippen LogP contribution in [0.2, 0.25) is 0 Å². The van der Waals surface area contributed by atoms with E-state index in [0.29, 0.717) is 22.8 Å². The molecule has 0 N–H and O–H groups in total. The Kier molecular flexibility index (Phi) is 4.86. The molecule has 0 spiro atoms. The Morgan fingerprint density at radius 1 is 1.00 bits per heavy atom. The van der Waals surface area contributed by atoms with Crippen LogP contribution in [0.25, 0.3) is 11.0 Å². The van der Waals surface area contributed by atoms with Crippen molar-refractivity contribution >= 4 is 16.9 Å². The van der Waals surface area contributed by atoms with E-state index >= 15 is 0 Å². The van der Waals surface area contributed by atoms with Crippen LogP contribution in [-0.2, 0) is 6.54 Å². The number of benzene rings is 2. The first-order valence-corrected chi connectivity index (χ1v) is 9.04. The molecular formula is C21H21N5O. The van der Waals surface area contributed by atoms with Gasteiger partial charge in [-0.15, -0.1) is 0 Å². The quantitative estimate of drug-likeness (QED) is 0.714. The molecule has 1 aromatic heterocycles. The lowest BCUT2D eigenvalue weighted by Gasteiger charge is -2.35. The van der Waals surface area contributed by atoms with Gasteiger partial charge in [-0.2, -0.15) is 5.26 Å². The lowest BCUT2D eigenvalue weighted by molar-refractivity contribution is 0.249. The maximum atomic E-state index is 9.56. The second kappa shape index (κ2) is 7.60. The number of fused-ring (bicyclic) bond motifs is 1. The Hall–Kier alpha value is -3.17. The van der Waals surface area contributed by atoms with E-state index in [1.807, 2.05) is 24.3 Å². The highest BCUT2D eigenvalue weighted by Crippen LogP contribution is 2.24. The molecule has 1 saturated heterocycles. The topological polar surface area (TPSA) is 65.3 Å². The molecule has 1 aliphatic rings. The van der Waals surface area contributed by atoms with Gasteiger partial charge in [0.05, 0.1) is 18.1 Å². The Morgan fingerprint density at radius 2 is 1.78 bits per heavy atom. The summed E-state index contributed by atoms with van der Waals surface area (Å²) in [6, 6.07) is 18.3. The van der Waals surface area contributed by atoms with Crippen molar-refractivity contribution in [3.8, 4) is 11.8 Å². The molecule has 0 saturated carbocycles. The second-order valence-electron chi connectivity index (χ2n) is 6.61. The lowest BCUT2D eigenvalue weighted by Crippen LogP contribution is -2.46. The first-order valence-electron chi connectivity index (χ1n) is 9.04. The summed E-state index contributed by atoms with van der Waals surface area (Å²) in [5, 5.41) is 9.56. The molecule has 0 unspecified atom stereocenters. The van der Waals surface area contributed by atoms with Crippen LogP contribution in [-0.4, -0.2) is 48.2 Å². The van der Waals surface area contributed by atoms with Crippen molar-refractivity contribution in [3.05, 3.63) is 59.8 Å². The van der Waals surface area contributed by atoms with Crippen molar-refractivity contribution in [2.75, 3.05) is 38.2 Å². The van der Waals surface area contributed by atoms with Gasteiger partial charge < -0.3 is 9.64 Å². The zero-order chi connectivity index (χ0) is 18.6. The summed E-state index contributed by atoms with van der Waals surface area (Å²) >= 11 is 0. The number of ether oxygens (including phenoxy) is 1. The Labute approximate surface area is 158 Å². The monoisotopic (exact) mass is 359 g/mol. The summed E-state index contributed by atoms with van der Waals surface area (Å²) in [7, 11) is 1.61. The third kappa shape index (κ3) is 3.69. The fourth-order valence-corrected chi connectivity index (χ4v) is 3.41. The third-order valence-electron chi connectivity index (χ3n) is 4.88. The van der Waals surface area contributed by atoms with Crippen LogP contribution < -0.4 is 9.64 Å². The summed E-state index contributed by atoms with van der Waals surface area (Å²) in [5.41, 5.74) is 3.14. The van der Waals surface area contributed by atoms with Crippen LogP contribution in [0.1, 0.15) is 11.3 Å². The minimum Gasteiger partial charge on any atom is -0.497 e. The lowest BCUT2D eigenvalue weighted by atomic mass is 10.2. The van der Waals surface area contributed by atoms with Crippen molar-refractivity contribution in [2.45, 2.75) is 6.54 Å². The van der Waals surface area contributed by atoms with E-state index in [0.717, 1.165) is 38.2 Å². The SMILES string of the molecule is COc1ccc2nc(N3CCN(Cc4ccccc4)CC3)c(C#N)nc2c1. The number of hydrogen-bond donors (Lipinski definition) is 0. The van der Waals surface area contributed by atoms with Gasteiger partial charge in [-0.05, 0) is 17.7 Å². The predicted molar refractivity (Wildman–Crippen MR) is 105 cm³/mol. The maximum Gasteiger partial charge on any atom is 0.183 e. The van der Waals surface area contributed by atoms with Crippen LogP contribution in [0.15, 0.2) is 48.5 Å². The molecule has 2 aromatic carbocycles. The van der Waals surface area contributed by atoms with Gasteiger partial charge in [0.25, 0.3) is 0 Å². The standard InChI is InChI=1S/C21H21N5O/c1-27-17-7-8-18-19(13-17)23-20(14-22)21(24-18)26-11-9-25(10-12-26)15-16-5-3-2-4-6-16/h2-8,13H,9-12,15H2,1H3. The number of anilines is 1. The van der Waals surface area contributed by atoms with Crippen LogP contribution >= 0.6 is 0 Å². The number of nitriles is 1. The fourth-order valence-electron chi connectivity index (χ4n) is 3.41. The molecular weight excluding hydrogens is 338 g/mol. The average molecular weight is 359 g/mol. The summed E-state index contributed by atoms with van der Waals surface area (Å²) in [4.78, 5) is 13.8. The molecule has 1 aliphatic heterocycles. The van der Waals surface area contributed by atoms with Crippen LogP contribution in [0.4, 0.5) is 5.82 Å². The number of piperazine rings is 1. The van der Waals surface area contributed by atoms with E-state index in [9.17, 15) is 5.26 Å². The Balaban J connectivity index is 1.52. The van der Waals surface area contributed by atoms with Gasteiger partial charge in [0.1, 0.15) is 11.8 Å². The van der Waals surface area contributed by atoms with Crippen molar-refractivity contribution in [2.24, 2.45) is 0 Å². The highest BCUT2D eigenvalue weighted by molar-refractivity contribution is 5.79. The third-order valence-corrected chi connectivity index (χ3v) is 4.88. The summed E-state index contributed by atoms with van der Waals surface area (Å²) < 4.78 is 5.24. The Morgan fingerprint density at radius 3 is 2.48 bits per heavy atom. The molecule has 0 aliphatic carbocycles. The van der Waals surface area contributed by atoms with E-state index in [1.165, 1.54) is 5.56 Å². The van der Waals surface area contributed by atoms with Crippen LogP contribution in [0.5, 0.6) is 5.75 Å². The van der Waals surface area contributed by atoms with E-state index in [2.05, 4.69) is 45.1 Å². The first-order chi connectivity index (χ1) is 13.3. The van der Waals surface area contributed by atoms with Gasteiger partial charge in [-0.25, -0.2) is 9.97 Å². The van der Waals surface area contributed by atoms with Crippen molar-refractivity contribution in [3.63, 3.8) is 0 Å². The fraction of sp³-hybridized carbons (Fsp3) is 0.286. The van der Waals surface area contributed by atoms with E-state index in [4.69, 9.17) is 9.72 Å². The molecule has 0 amide bonds. The Bertz CT molecular complexity index is 975. The average Bonchev–Trinajstić information content (AvgIpc) is 2.73. The van der Waals surface area contributed by atoms with Crippen LogP contribution in [0, 0.1) is 11.3 Å². The summed E-state index contributed by atoms with van der Waals surface area (Å²) in [6.07, 6.45) is 0. The van der Waals surface area contributed by atoms with E-state index < -0.39 is 0 Å². The minimum absolute atomic E-state index is 0.368. The molecule has 1 fully saturated rings. The number of rotatable bonds is 4. The van der Waals surface area contributed by atoms with Gasteiger partial charge in [-0.3, -0.25) is 4.90 Å². The summed E-state index contributed by atoms with van der Waals surface area (Å²) in [5.74, 6) is 1.39. The molecule has 0 atom stereocenters. The number of aromatic nitrogens is 2. The zero-order valence-electron chi connectivity index (χ0n) is 15.3. The number of nitrogens with zero attached hydrogens (tertiary/aromatic N) is 5. The zero-order valence-corrected chi connectivity index (χ0v) is 15.3. The van der Waals surface area contributed by atoms with Gasteiger partial charge in [0.15, 0.2) is 11.5 Å². The first kappa shape index (κ1) is 17.3. The molecule has 4 rings (SSSR count). The van der Waals surface area contributed by atoms with Gasteiger partial charge in [-0.1, -0.05) is 30.3 Å². The maximum absolute atomic E-state index is 9.56. The van der Waals surface area contributed by atoms with Gasteiger partial charge >= 0.3 is 0 Å². The van der Waals surface area contributed by atoms with Crippen molar-refractivity contribution < 1.29 is 4.74 Å². The summed E-state index contributed by atoms with van der Waals surface area (Å²) in [6.45, 7) is 4.48. The molecule has 6 heteroatoms. The molecule has 0 bridgehead atoms. The molecule has 6 nitrogen and oxygen atoms in total. The predicted octanol–water partition coefficient (Wildman–Crippen LogP) is 2.83. The largest absolute Gasteiger partial charge is 0.497 e. The van der Waals surface area contributed by atoms with E-state index in [1.54, 1.807) is 7.11 Å². The highest BCUT2D eigenvalue weighted by atomic mass is 16.5. The second-order valence-corrected chi connectivity index (χ2v) is 6.61. The van der Waals surface area contributed by atoms with Gasteiger partial charge in [0.2, 0.25) is 0 Å². The molecule has 136 valence electrons. The minimum atomic E-state index is 0.368. The van der Waals surface area contributed by atoms with Crippen LogP contribution in [0.3, 0.4) is 0 Å². The normalized spacial score (nSPS) is 14.9. The molecule has 3 aromatic rings. The molecule has 0 radical (unpaired) electrons.